The third kappa shape index (κ3) is 2.40. The van der Waals surface area contributed by atoms with Crippen molar-refractivity contribution in [3.8, 4) is 11.5 Å². The summed E-state index contributed by atoms with van der Waals surface area (Å²) in [6.45, 7) is 1.15. The maximum atomic E-state index is 7.24. The van der Waals surface area contributed by atoms with E-state index in [1.165, 1.54) is 0 Å². The first-order valence-electron chi connectivity index (χ1n) is 6.37. The number of benzene rings is 1. The Morgan fingerprint density at radius 2 is 2.10 bits per heavy atom. The Morgan fingerprint density at radius 1 is 1.40 bits per heavy atom. The minimum absolute atomic E-state index is 0.202. The number of rotatable bonds is 4. The highest BCUT2D eigenvalue weighted by molar-refractivity contribution is 7.99. The summed E-state index contributed by atoms with van der Waals surface area (Å²) < 4.78 is 13.2. The summed E-state index contributed by atoms with van der Waals surface area (Å²) in [6, 6.07) is 3.88. The van der Waals surface area contributed by atoms with Crippen molar-refractivity contribution in [2.24, 2.45) is 12.8 Å². The van der Waals surface area contributed by atoms with Crippen LogP contribution in [-0.2, 0) is 7.05 Å². The predicted molar refractivity (Wildman–Crippen MR) is 79.0 cm³/mol. The third-order valence-corrected chi connectivity index (χ3v) is 4.14. The monoisotopic (exact) mass is 292 g/mol. The second-order valence-corrected chi connectivity index (χ2v) is 5.62. The molecule has 0 saturated carbocycles. The van der Waals surface area contributed by atoms with E-state index < -0.39 is 0 Å². The van der Waals surface area contributed by atoms with Crippen molar-refractivity contribution in [1.82, 2.24) is 9.55 Å². The van der Waals surface area contributed by atoms with Crippen LogP contribution >= 0.6 is 11.8 Å². The Bertz CT molecular complexity index is 668. The van der Waals surface area contributed by atoms with Crippen LogP contribution < -0.4 is 15.2 Å². The molecule has 1 aromatic heterocycles. The Balaban J connectivity index is 1.91. The molecule has 20 heavy (non-hydrogen) atoms. The Morgan fingerprint density at radius 3 is 2.80 bits per heavy atom. The molecule has 2 aromatic rings. The van der Waals surface area contributed by atoms with Crippen molar-refractivity contribution < 1.29 is 9.47 Å². The minimum Gasteiger partial charge on any atom is -0.486 e. The van der Waals surface area contributed by atoms with Gasteiger partial charge in [0.1, 0.15) is 13.2 Å². The molecule has 0 radical (unpaired) electrons. The molecule has 0 saturated heterocycles. The average Bonchev–Trinajstić information content (AvgIpc) is 2.73. The van der Waals surface area contributed by atoms with Gasteiger partial charge in [0.25, 0.3) is 0 Å². The first-order valence-corrected chi connectivity index (χ1v) is 7.35. The van der Waals surface area contributed by atoms with E-state index >= 15 is 0 Å². The normalized spacial score (nSPS) is 13.7. The molecule has 2 heterocycles. The average molecular weight is 292 g/mol. The van der Waals surface area contributed by atoms with Gasteiger partial charge in [-0.2, -0.15) is 0 Å². The standard InChI is InChI=1S/C13H16N4O2S/c1-17-9-7-11-10(18-3-4-19-11)6-8(9)16-13(17)20-5-2-12(14)15/h6-7H,2-5H2,1H3,(H3,14,15). The molecule has 0 fully saturated rings. The number of nitrogens with one attached hydrogen (secondary N) is 1. The number of nitrogens with zero attached hydrogens (tertiary/aromatic N) is 2. The summed E-state index contributed by atoms with van der Waals surface area (Å²) in [4.78, 5) is 4.60. The number of nitrogens with two attached hydrogens (primary N) is 1. The Hall–Kier alpha value is -1.89. The maximum absolute atomic E-state index is 7.24. The fourth-order valence-electron chi connectivity index (χ4n) is 2.09. The Kier molecular flexibility index (Phi) is 3.43. The van der Waals surface area contributed by atoms with Crippen LogP contribution in [-0.4, -0.2) is 34.4 Å². The van der Waals surface area contributed by atoms with Gasteiger partial charge in [-0.25, -0.2) is 4.98 Å². The van der Waals surface area contributed by atoms with Crippen molar-refractivity contribution in [3.63, 3.8) is 0 Å². The quantitative estimate of drug-likeness (QED) is 0.509. The fraction of sp³-hybridized carbons (Fsp3) is 0.385. The second kappa shape index (κ2) is 5.24. The van der Waals surface area contributed by atoms with Crippen LogP contribution in [0, 0.1) is 5.41 Å². The number of amidine groups is 1. The first-order chi connectivity index (χ1) is 9.65. The topological polar surface area (TPSA) is 86.2 Å². The molecule has 0 unspecified atom stereocenters. The van der Waals surface area contributed by atoms with Crippen LogP contribution in [0.15, 0.2) is 17.3 Å². The lowest BCUT2D eigenvalue weighted by Crippen LogP contribution is -2.15. The SMILES string of the molecule is Cn1c(SCCC(=N)N)nc2cc3c(cc21)OCCO3. The van der Waals surface area contributed by atoms with Gasteiger partial charge in [-0.1, -0.05) is 11.8 Å². The van der Waals surface area contributed by atoms with E-state index in [-0.39, 0.29) is 5.84 Å². The summed E-state index contributed by atoms with van der Waals surface area (Å²) in [5, 5.41) is 8.14. The lowest BCUT2D eigenvalue weighted by Gasteiger charge is -2.18. The summed E-state index contributed by atoms with van der Waals surface area (Å²) in [5.41, 5.74) is 7.27. The number of ether oxygens (including phenoxy) is 2. The molecule has 1 aromatic carbocycles. The summed E-state index contributed by atoms with van der Waals surface area (Å²) in [5.74, 6) is 2.47. The second-order valence-electron chi connectivity index (χ2n) is 4.56. The van der Waals surface area contributed by atoms with Gasteiger partial charge in [-0.3, -0.25) is 5.41 Å². The van der Waals surface area contributed by atoms with Gasteiger partial charge in [0.15, 0.2) is 16.7 Å². The number of aromatic nitrogens is 2. The van der Waals surface area contributed by atoms with Crippen LogP contribution in [0.25, 0.3) is 11.0 Å². The summed E-state index contributed by atoms with van der Waals surface area (Å²) >= 11 is 1.59. The van der Waals surface area contributed by atoms with Gasteiger partial charge < -0.3 is 19.8 Å². The van der Waals surface area contributed by atoms with E-state index in [1.807, 2.05) is 23.7 Å². The molecular weight excluding hydrogens is 276 g/mol. The van der Waals surface area contributed by atoms with Gasteiger partial charge in [-0.15, -0.1) is 0 Å². The lowest BCUT2D eigenvalue weighted by molar-refractivity contribution is 0.172. The lowest BCUT2D eigenvalue weighted by atomic mass is 10.2. The van der Waals surface area contributed by atoms with E-state index in [0.717, 1.165) is 33.4 Å². The molecule has 0 amide bonds. The molecule has 0 spiro atoms. The molecule has 1 aliphatic rings. The molecule has 7 heteroatoms. The summed E-state index contributed by atoms with van der Waals surface area (Å²) in [7, 11) is 1.97. The van der Waals surface area contributed by atoms with Gasteiger partial charge in [0.2, 0.25) is 0 Å². The number of fused-ring (bicyclic) bond motifs is 2. The molecule has 3 N–H and O–H groups in total. The number of hydrogen-bond acceptors (Lipinski definition) is 5. The zero-order valence-electron chi connectivity index (χ0n) is 11.2. The van der Waals surface area contributed by atoms with E-state index in [1.54, 1.807) is 11.8 Å². The minimum atomic E-state index is 0.202. The molecule has 1 aliphatic heterocycles. The zero-order valence-corrected chi connectivity index (χ0v) is 12.0. The first kappa shape index (κ1) is 13.1. The van der Waals surface area contributed by atoms with Crippen LogP contribution in [0.3, 0.4) is 0 Å². The van der Waals surface area contributed by atoms with Crippen molar-refractivity contribution in [2.75, 3.05) is 19.0 Å². The summed E-state index contributed by atoms with van der Waals surface area (Å²) in [6.07, 6.45) is 0.566. The van der Waals surface area contributed by atoms with Crippen molar-refractivity contribution in [2.45, 2.75) is 11.6 Å². The van der Waals surface area contributed by atoms with Crippen LogP contribution in [0.5, 0.6) is 11.5 Å². The smallest absolute Gasteiger partial charge is 0.168 e. The number of hydrogen-bond donors (Lipinski definition) is 2. The molecule has 0 aliphatic carbocycles. The van der Waals surface area contributed by atoms with E-state index in [9.17, 15) is 0 Å². The molecule has 106 valence electrons. The van der Waals surface area contributed by atoms with Crippen molar-refractivity contribution in [3.05, 3.63) is 12.1 Å². The van der Waals surface area contributed by atoms with Crippen LogP contribution in [0.2, 0.25) is 0 Å². The van der Waals surface area contributed by atoms with Gasteiger partial charge in [0, 0.05) is 31.4 Å². The fourth-order valence-corrected chi connectivity index (χ4v) is 3.05. The van der Waals surface area contributed by atoms with E-state index in [4.69, 9.17) is 20.6 Å². The van der Waals surface area contributed by atoms with Gasteiger partial charge >= 0.3 is 0 Å². The predicted octanol–water partition coefficient (Wildman–Crippen LogP) is 1.76. The molecule has 3 rings (SSSR count). The third-order valence-electron chi connectivity index (χ3n) is 3.11. The Labute approximate surface area is 120 Å². The molecule has 0 bridgehead atoms. The largest absolute Gasteiger partial charge is 0.486 e. The van der Waals surface area contributed by atoms with Crippen LogP contribution in [0.1, 0.15) is 6.42 Å². The number of thioether (sulfide) groups is 1. The van der Waals surface area contributed by atoms with Gasteiger partial charge in [-0.05, 0) is 0 Å². The van der Waals surface area contributed by atoms with Crippen molar-refractivity contribution >= 4 is 28.6 Å². The van der Waals surface area contributed by atoms with Gasteiger partial charge in [0.05, 0.1) is 16.9 Å². The molecular formula is C13H16N4O2S. The van der Waals surface area contributed by atoms with E-state index in [2.05, 4.69) is 4.98 Å². The highest BCUT2D eigenvalue weighted by atomic mass is 32.2. The number of imidazole rings is 1. The maximum Gasteiger partial charge on any atom is 0.168 e. The molecule has 6 nitrogen and oxygen atoms in total. The highest BCUT2D eigenvalue weighted by Crippen LogP contribution is 2.35. The number of aryl methyl sites for hydroxylation is 1. The van der Waals surface area contributed by atoms with Crippen LogP contribution in [0.4, 0.5) is 0 Å². The molecule has 0 atom stereocenters. The highest BCUT2D eigenvalue weighted by Gasteiger charge is 2.16. The van der Waals surface area contributed by atoms with E-state index in [0.29, 0.717) is 19.6 Å². The van der Waals surface area contributed by atoms with Crippen molar-refractivity contribution in [1.29, 1.82) is 5.41 Å². The zero-order chi connectivity index (χ0) is 14.1.